The summed E-state index contributed by atoms with van der Waals surface area (Å²) >= 11 is 0. The number of hydrogen-bond donors (Lipinski definition) is 1. The summed E-state index contributed by atoms with van der Waals surface area (Å²) in [5.41, 5.74) is 3.35. The number of benzene rings is 1. The van der Waals surface area contributed by atoms with E-state index in [0.29, 0.717) is 35.7 Å². The Morgan fingerprint density at radius 1 is 1.17 bits per heavy atom. The highest BCUT2D eigenvalue weighted by atomic mass is 35.5. The summed E-state index contributed by atoms with van der Waals surface area (Å²) in [6, 6.07) is 5.54. The second kappa shape index (κ2) is 10.1. The molecule has 130 valence electrons. The number of quaternary nitrogens is 1. The van der Waals surface area contributed by atoms with Crippen LogP contribution < -0.4 is 27.3 Å². The molecular weight excluding hydrogens is 318 g/mol. The van der Waals surface area contributed by atoms with Gasteiger partial charge in [-0.3, -0.25) is 4.79 Å². The summed E-state index contributed by atoms with van der Waals surface area (Å²) in [5, 5.41) is 3.97. The van der Waals surface area contributed by atoms with Gasteiger partial charge in [-0.15, -0.1) is 0 Å². The molecule has 0 aliphatic carbocycles. The van der Waals surface area contributed by atoms with Crippen LogP contribution in [-0.4, -0.2) is 57.5 Å². The van der Waals surface area contributed by atoms with E-state index < -0.39 is 0 Å². The van der Waals surface area contributed by atoms with Crippen molar-refractivity contribution in [3.63, 3.8) is 0 Å². The number of ether oxygens (including phenoxy) is 2. The fourth-order valence-electron chi connectivity index (χ4n) is 1.79. The van der Waals surface area contributed by atoms with Crippen LogP contribution in [0.15, 0.2) is 23.3 Å². The highest BCUT2D eigenvalue weighted by Crippen LogP contribution is 2.27. The molecule has 0 bridgehead atoms. The standard InChI is InChI=1S/C16H25N3O3.ClH/c1-6-21-14-9-8-13(10-15(14)22-7-2)11-17-18-16(20)12-19(3,4)5;/h8-11H,6-7,12H2,1-5H3;1H/b17-11-;. The van der Waals surface area contributed by atoms with Crippen LogP contribution >= 0.6 is 0 Å². The Balaban J connectivity index is 0.00000484. The quantitative estimate of drug-likeness (QED) is 0.360. The summed E-state index contributed by atoms with van der Waals surface area (Å²) < 4.78 is 11.6. The molecular formula is C16H26ClN3O3. The maximum absolute atomic E-state index is 11.7. The molecule has 0 aliphatic heterocycles. The molecule has 0 spiro atoms. The smallest absolute Gasteiger partial charge is 0.295 e. The van der Waals surface area contributed by atoms with Gasteiger partial charge in [0.25, 0.3) is 5.91 Å². The highest BCUT2D eigenvalue weighted by molar-refractivity contribution is 5.83. The molecule has 0 unspecified atom stereocenters. The molecule has 7 heteroatoms. The van der Waals surface area contributed by atoms with Gasteiger partial charge in [0, 0.05) is 0 Å². The lowest BCUT2D eigenvalue weighted by molar-refractivity contribution is -0.862. The molecule has 23 heavy (non-hydrogen) atoms. The number of carbonyl (C=O) groups excluding carboxylic acids is 1. The first-order valence-corrected chi connectivity index (χ1v) is 7.37. The molecule has 1 amide bonds. The predicted molar refractivity (Wildman–Crippen MR) is 87.4 cm³/mol. The second-order valence-electron chi connectivity index (χ2n) is 5.81. The first kappa shape index (κ1) is 21.2. The van der Waals surface area contributed by atoms with E-state index in [-0.39, 0.29) is 18.3 Å². The summed E-state index contributed by atoms with van der Waals surface area (Å²) in [6.07, 6.45) is 1.59. The first-order chi connectivity index (χ1) is 10.4. The van der Waals surface area contributed by atoms with Gasteiger partial charge in [-0.1, -0.05) is 0 Å². The summed E-state index contributed by atoms with van der Waals surface area (Å²) in [5.74, 6) is 1.25. The maximum Gasteiger partial charge on any atom is 0.295 e. The van der Waals surface area contributed by atoms with Crippen LogP contribution in [0.1, 0.15) is 19.4 Å². The molecule has 1 aromatic rings. The third-order valence-electron chi connectivity index (χ3n) is 2.59. The number of rotatable bonds is 8. The Kier molecular flexibility index (Phi) is 9.29. The highest BCUT2D eigenvalue weighted by Gasteiger charge is 2.13. The van der Waals surface area contributed by atoms with Gasteiger partial charge >= 0.3 is 0 Å². The van der Waals surface area contributed by atoms with Crippen LogP contribution in [0.3, 0.4) is 0 Å². The van der Waals surface area contributed by atoms with Gasteiger partial charge in [0.05, 0.1) is 40.6 Å². The fraction of sp³-hybridized carbons (Fsp3) is 0.500. The number of hydrazone groups is 1. The van der Waals surface area contributed by atoms with Crippen molar-refractivity contribution < 1.29 is 31.2 Å². The van der Waals surface area contributed by atoms with Crippen molar-refractivity contribution in [3.05, 3.63) is 23.8 Å². The second-order valence-corrected chi connectivity index (χ2v) is 5.81. The topological polar surface area (TPSA) is 59.9 Å². The summed E-state index contributed by atoms with van der Waals surface area (Å²) in [7, 11) is 5.85. The van der Waals surface area contributed by atoms with E-state index in [1.165, 1.54) is 0 Å². The lowest BCUT2D eigenvalue weighted by Gasteiger charge is -2.21. The zero-order valence-electron chi connectivity index (χ0n) is 14.4. The molecule has 0 heterocycles. The number of nitrogens with zero attached hydrogens (tertiary/aromatic N) is 2. The van der Waals surface area contributed by atoms with E-state index >= 15 is 0 Å². The Bertz CT molecular complexity index is 528. The normalized spacial score (nSPS) is 11.0. The fourth-order valence-corrected chi connectivity index (χ4v) is 1.79. The van der Waals surface area contributed by atoms with Gasteiger partial charge < -0.3 is 26.4 Å². The SMILES string of the molecule is CCOc1ccc(/C=N\NC(=O)C[N+](C)(C)C)cc1OCC.[Cl-]. The Labute approximate surface area is 144 Å². The van der Waals surface area contributed by atoms with Crippen LogP contribution in [-0.2, 0) is 4.79 Å². The van der Waals surface area contributed by atoms with E-state index in [1.54, 1.807) is 6.21 Å². The van der Waals surface area contributed by atoms with Crippen LogP contribution in [0.2, 0.25) is 0 Å². The molecule has 0 atom stereocenters. The average Bonchev–Trinajstić information content (AvgIpc) is 2.40. The molecule has 1 N–H and O–H groups in total. The number of halogens is 1. The first-order valence-electron chi connectivity index (χ1n) is 7.37. The van der Waals surface area contributed by atoms with Gasteiger partial charge in [-0.25, -0.2) is 5.43 Å². The maximum atomic E-state index is 11.7. The Hall–Kier alpha value is -1.79. The molecule has 0 radical (unpaired) electrons. The molecule has 0 aromatic heterocycles. The monoisotopic (exact) mass is 343 g/mol. The van der Waals surface area contributed by atoms with Crippen molar-refractivity contribution in [1.82, 2.24) is 5.43 Å². The van der Waals surface area contributed by atoms with Gasteiger partial charge in [0.2, 0.25) is 0 Å². The Morgan fingerprint density at radius 2 is 1.78 bits per heavy atom. The van der Waals surface area contributed by atoms with Gasteiger partial charge in [0.1, 0.15) is 0 Å². The lowest BCUT2D eigenvalue weighted by atomic mass is 10.2. The number of hydrogen-bond acceptors (Lipinski definition) is 4. The van der Waals surface area contributed by atoms with E-state index in [4.69, 9.17) is 9.47 Å². The average molecular weight is 344 g/mol. The molecule has 0 saturated carbocycles. The van der Waals surface area contributed by atoms with Crippen LogP contribution in [0.25, 0.3) is 0 Å². The van der Waals surface area contributed by atoms with Gasteiger partial charge in [0.15, 0.2) is 18.0 Å². The number of amides is 1. The van der Waals surface area contributed by atoms with E-state index in [2.05, 4.69) is 10.5 Å². The number of carbonyl (C=O) groups is 1. The molecule has 1 rings (SSSR count). The summed E-state index contributed by atoms with van der Waals surface area (Å²) in [6.45, 7) is 5.34. The van der Waals surface area contributed by atoms with Crippen LogP contribution in [0.4, 0.5) is 0 Å². The molecule has 0 aliphatic rings. The van der Waals surface area contributed by atoms with Crippen LogP contribution in [0.5, 0.6) is 11.5 Å². The van der Waals surface area contributed by atoms with E-state index in [9.17, 15) is 4.79 Å². The minimum absolute atomic E-state index is 0. The van der Waals surface area contributed by atoms with Crippen molar-refractivity contribution >= 4 is 12.1 Å². The third-order valence-corrected chi connectivity index (χ3v) is 2.59. The molecule has 0 saturated heterocycles. The number of likely N-dealkylation sites (N-methyl/N-ethyl adjacent to an activating group) is 1. The van der Waals surface area contributed by atoms with Crippen molar-refractivity contribution in [2.45, 2.75) is 13.8 Å². The Morgan fingerprint density at radius 3 is 2.35 bits per heavy atom. The van der Waals surface area contributed by atoms with Crippen LogP contribution in [0, 0.1) is 0 Å². The predicted octanol–water partition coefficient (Wildman–Crippen LogP) is -1.36. The van der Waals surface area contributed by atoms with Crippen molar-refractivity contribution in [2.75, 3.05) is 40.9 Å². The van der Waals surface area contributed by atoms with Gasteiger partial charge in [-0.05, 0) is 37.6 Å². The zero-order valence-corrected chi connectivity index (χ0v) is 15.2. The minimum Gasteiger partial charge on any atom is -1.00 e. The zero-order chi connectivity index (χ0) is 16.6. The minimum atomic E-state index is -0.125. The van der Waals surface area contributed by atoms with E-state index in [1.807, 2.05) is 53.2 Å². The summed E-state index contributed by atoms with van der Waals surface area (Å²) in [4.78, 5) is 11.7. The largest absolute Gasteiger partial charge is 1.00 e. The third kappa shape index (κ3) is 8.42. The molecule has 0 fully saturated rings. The van der Waals surface area contributed by atoms with Crippen molar-refractivity contribution in [3.8, 4) is 11.5 Å². The lowest BCUT2D eigenvalue weighted by Crippen LogP contribution is -3.00. The van der Waals surface area contributed by atoms with Crippen molar-refractivity contribution in [2.24, 2.45) is 5.10 Å². The van der Waals surface area contributed by atoms with Crippen molar-refractivity contribution in [1.29, 1.82) is 0 Å². The molecule has 1 aromatic carbocycles. The molecule has 6 nitrogen and oxygen atoms in total. The van der Waals surface area contributed by atoms with E-state index in [0.717, 1.165) is 5.56 Å². The van der Waals surface area contributed by atoms with Gasteiger partial charge in [-0.2, -0.15) is 5.10 Å². The number of nitrogens with one attached hydrogen (secondary N) is 1.